The lowest BCUT2D eigenvalue weighted by Gasteiger charge is -2.09. The summed E-state index contributed by atoms with van der Waals surface area (Å²) in [5, 5.41) is 0. The Balaban J connectivity index is 4.39. The van der Waals surface area contributed by atoms with Crippen molar-refractivity contribution in [2.45, 2.75) is 53.4 Å². The summed E-state index contributed by atoms with van der Waals surface area (Å²) in [5.41, 5.74) is 2.05. The zero-order valence-corrected chi connectivity index (χ0v) is 9.85. The quantitative estimate of drug-likeness (QED) is 0.482. The van der Waals surface area contributed by atoms with E-state index in [1.165, 1.54) is 12.0 Å². The molecule has 82 valence electrons. The van der Waals surface area contributed by atoms with Gasteiger partial charge < -0.3 is 4.74 Å². The van der Waals surface area contributed by atoms with Crippen LogP contribution in [0.15, 0.2) is 11.1 Å². The Bertz CT molecular complexity index is 204. The molecule has 0 aromatic heterocycles. The molecule has 0 aliphatic rings. The summed E-state index contributed by atoms with van der Waals surface area (Å²) in [7, 11) is 0. The van der Waals surface area contributed by atoms with Crippen molar-refractivity contribution in [3.8, 4) is 0 Å². The minimum absolute atomic E-state index is 0.152. The summed E-state index contributed by atoms with van der Waals surface area (Å²) in [6, 6.07) is 0. The predicted octanol–water partition coefficient (Wildman–Crippen LogP) is 3.47. The van der Waals surface area contributed by atoms with Crippen molar-refractivity contribution in [1.82, 2.24) is 0 Å². The molecule has 0 fully saturated rings. The Morgan fingerprint density at radius 3 is 2.29 bits per heavy atom. The van der Waals surface area contributed by atoms with Gasteiger partial charge in [0.15, 0.2) is 0 Å². The van der Waals surface area contributed by atoms with Crippen LogP contribution in [0.3, 0.4) is 0 Å². The lowest BCUT2D eigenvalue weighted by Crippen LogP contribution is -2.07. The zero-order chi connectivity index (χ0) is 11.0. The molecule has 0 atom stereocenters. The van der Waals surface area contributed by atoms with Crippen LogP contribution in [0, 0.1) is 0 Å². The molecule has 0 aromatic rings. The summed E-state index contributed by atoms with van der Waals surface area (Å²) in [4.78, 5) is 11.4. The van der Waals surface area contributed by atoms with Crippen LogP contribution >= 0.6 is 0 Å². The van der Waals surface area contributed by atoms with Crippen LogP contribution in [-0.4, -0.2) is 12.6 Å². The number of allylic oxidation sites excluding steroid dienone is 1. The fourth-order valence-electron chi connectivity index (χ4n) is 1.40. The number of rotatable bonds is 6. The Morgan fingerprint density at radius 2 is 1.86 bits per heavy atom. The number of carbonyl (C=O) groups is 1. The van der Waals surface area contributed by atoms with Crippen LogP contribution in [-0.2, 0) is 9.53 Å². The Kier molecular flexibility index (Phi) is 7.17. The Hall–Kier alpha value is -0.790. The third-order valence-electron chi connectivity index (χ3n) is 2.37. The molecule has 0 saturated heterocycles. The predicted molar refractivity (Wildman–Crippen MR) is 59.1 cm³/mol. The molecule has 0 bridgehead atoms. The van der Waals surface area contributed by atoms with E-state index >= 15 is 0 Å². The number of carbonyl (C=O) groups excluding carboxylic acids is 1. The highest BCUT2D eigenvalue weighted by Crippen LogP contribution is 2.17. The average molecular weight is 198 g/mol. The molecule has 0 saturated carbocycles. The summed E-state index contributed by atoms with van der Waals surface area (Å²) in [6.07, 6.45) is 4.29. The van der Waals surface area contributed by atoms with Gasteiger partial charge >= 0.3 is 5.97 Å². The van der Waals surface area contributed by atoms with Crippen molar-refractivity contribution >= 4 is 5.97 Å². The highest BCUT2D eigenvalue weighted by molar-refractivity contribution is 5.88. The summed E-state index contributed by atoms with van der Waals surface area (Å²) in [6.45, 7) is 8.41. The molecule has 0 aliphatic heterocycles. The van der Waals surface area contributed by atoms with E-state index in [4.69, 9.17) is 4.74 Å². The van der Waals surface area contributed by atoms with Crippen molar-refractivity contribution in [1.29, 1.82) is 0 Å². The van der Waals surface area contributed by atoms with E-state index in [0.717, 1.165) is 24.8 Å². The second-order valence-corrected chi connectivity index (χ2v) is 3.41. The van der Waals surface area contributed by atoms with E-state index in [-0.39, 0.29) is 5.97 Å². The van der Waals surface area contributed by atoms with E-state index in [1.54, 1.807) is 0 Å². The minimum atomic E-state index is -0.152. The van der Waals surface area contributed by atoms with Gasteiger partial charge in [-0.05, 0) is 33.1 Å². The van der Waals surface area contributed by atoms with Gasteiger partial charge in [-0.15, -0.1) is 0 Å². The first kappa shape index (κ1) is 13.2. The van der Waals surface area contributed by atoms with Crippen molar-refractivity contribution in [3.63, 3.8) is 0 Å². The minimum Gasteiger partial charge on any atom is -0.463 e. The topological polar surface area (TPSA) is 26.3 Å². The van der Waals surface area contributed by atoms with Crippen LogP contribution in [0.2, 0.25) is 0 Å². The second-order valence-electron chi connectivity index (χ2n) is 3.41. The molecule has 0 amide bonds. The normalized spacial score (nSPS) is 12.3. The SMILES string of the molecule is CCCCC(CC)=C(C)C(=O)OCC. The number of unbranched alkanes of at least 4 members (excludes halogenated alkanes) is 1. The summed E-state index contributed by atoms with van der Waals surface area (Å²) in [5.74, 6) is -0.152. The molecule has 0 unspecified atom stereocenters. The fraction of sp³-hybridized carbons (Fsp3) is 0.750. The molecular weight excluding hydrogens is 176 g/mol. The van der Waals surface area contributed by atoms with Crippen LogP contribution in [0.25, 0.3) is 0 Å². The molecule has 0 N–H and O–H groups in total. The highest BCUT2D eigenvalue weighted by atomic mass is 16.5. The first-order valence-electron chi connectivity index (χ1n) is 5.53. The molecule has 0 rings (SSSR count). The van der Waals surface area contributed by atoms with Crippen LogP contribution in [0.4, 0.5) is 0 Å². The van der Waals surface area contributed by atoms with Gasteiger partial charge in [0, 0.05) is 5.57 Å². The van der Waals surface area contributed by atoms with Gasteiger partial charge in [0.1, 0.15) is 0 Å². The van der Waals surface area contributed by atoms with Crippen LogP contribution in [0.1, 0.15) is 53.4 Å². The van der Waals surface area contributed by atoms with Gasteiger partial charge in [-0.1, -0.05) is 25.8 Å². The van der Waals surface area contributed by atoms with Gasteiger partial charge in [0.25, 0.3) is 0 Å². The maximum Gasteiger partial charge on any atom is 0.333 e. The van der Waals surface area contributed by atoms with Gasteiger partial charge in [-0.2, -0.15) is 0 Å². The monoisotopic (exact) mass is 198 g/mol. The smallest absolute Gasteiger partial charge is 0.333 e. The lowest BCUT2D eigenvalue weighted by molar-refractivity contribution is -0.138. The average Bonchev–Trinajstić information content (AvgIpc) is 2.19. The molecule has 0 spiro atoms. The van der Waals surface area contributed by atoms with Crippen LogP contribution in [0.5, 0.6) is 0 Å². The lowest BCUT2D eigenvalue weighted by atomic mass is 10.0. The number of hydrogen-bond donors (Lipinski definition) is 0. The molecule has 2 nitrogen and oxygen atoms in total. The number of hydrogen-bond acceptors (Lipinski definition) is 2. The molecule has 14 heavy (non-hydrogen) atoms. The molecular formula is C12H22O2. The van der Waals surface area contributed by atoms with Gasteiger partial charge in [0.05, 0.1) is 6.61 Å². The molecule has 2 heteroatoms. The van der Waals surface area contributed by atoms with E-state index in [2.05, 4.69) is 13.8 Å². The van der Waals surface area contributed by atoms with Crippen molar-refractivity contribution in [2.24, 2.45) is 0 Å². The van der Waals surface area contributed by atoms with Crippen molar-refractivity contribution < 1.29 is 9.53 Å². The standard InChI is InChI=1S/C12H22O2/c1-5-8-9-11(6-2)10(4)12(13)14-7-3/h5-9H2,1-4H3. The third-order valence-corrected chi connectivity index (χ3v) is 2.37. The van der Waals surface area contributed by atoms with Crippen LogP contribution < -0.4 is 0 Å². The summed E-state index contributed by atoms with van der Waals surface area (Å²) < 4.78 is 4.97. The Labute approximate surface area is 87.3 Å². The van der Waals surface area contributed by atoms with Crippen molar-refractivity contribution in [2.75, 3.05) is 6.61 Å². The first-order chi connectivity index (χ1) is 6.67. The zero-order valence-electron chi connectivity index (χ0n) is 9.85. The van der Waals surface area contributed by atoms with Gasteiger partial charge in [-0.25, -0.2) is 4.79 Å². The second kappa shape index (κ2) is 7.60. The van der Waals surface area contributed by atoms with Gasteiger partial charge in [-0.3, -0.25) is 0 Å². The van der Waals surface area contributed by atoms with E-state index in [9.17, 15) is 4.79 Å². The maximum absolute atomic E-state index is 11.4. The number of ether oxygens (including phenoxy) is 1. The Morgan fingerprint density at radius 1 is 1.21 bits per heavy atom. The molecule has 0 radical (unpaired) electrons. The highest BCUT2D eigenvalue weighted by Gasteiger charge is 2.09. The molecule has 0 aliphatic carbocycles. The maximum atomic E-state index is 11.4. The summed E-state index contributed by atoms with van der Waals surface area (Å²) >= 11 is 0. The fourth-order valence-corrected chi connectivity index (χ4v) is 1.40. The van der Waals surface area contributed by atoms with E-state index in [1.807, 2.05) is 13.8 Å². The largest absolute Gasteiger partial charge is 0.463 e. The number of esters is 1. The molecule has 0 heterocycles. The first-order valence-corrected chi connectivity index (χ1v) is 5.53. The van der Waals surface area contributed by atoms with E-state index in [0.29, 0.717) is 6.61 Å². The molecule has 0 aromatic carbocycles. The van der Waals surface area contributed by atoms with Crippen molar-refractivity contribution in [3.05, 3.63) is 11.1 Å². The van der Waals surface area contributed by atoms with Gasteiger partial charge in [0.2, 0.25) is 0 Å². The van der Waals surface area contributed by atoms with E-state index < -0.39 is 0 Å². The third kappa shape index (κ3) is 4.45.